The van der Waals surface area contributed by atoms with Crippen LogP contribution in [0.2, 0.25) is 0 Å². The van der Waals surface area contributed by atoms with Crippen molar-refractivity contribution in [3.8, 4) is 5.88 Å². The van der Waals surface area contributed by atoms with Crippen molar-refractivity contribution in [1.29, 1.82) is 0 Å². The molecule has 0 spiro atoms. The van der Waals surface area contributed by atoms with Crippen molar-refractivity contribution < 1.29 is 4.74 Å². The molecule has 0 fully saturated rings. The van der Waals surface area contributed by atoms with Gasteiger partial charge in [0.15, 0.2) is 0 Å². The fourth-order valence-corrected chi connectivity index (χ4v) is 2.91. The molecule has 0 saturated heterocycles. The molecule has 2 rings (SSSR count). The molecule has 0 aliphatic rings. The summed E-state index contributed by atoms with van der Waals surface area (Å²) in [6.07, 6.45) is 3.17. The molecule has 0 radical (unpaired) electrons. The number of nitrogens with zero attached hydrogens (tertiary/aromatic N) is 2. The van der Waals surface area contributed by atoms with E-state index >= 15 is 0 Å². The molecule has 0 saturated carbocycles. The van der Waals surface area contributed by atoms with Gasteiger partial charge in [-0.1, -0.05) is 20.8 Å². The quantitative estimate of drug-likeness (QED) is 0.465. The minimum atomic E-state index is 0.404. The number of aryl methyl sites for hydroxylation is 1. The number of aromatic nitrogens is 2. The Balaban J connectivity index is 2.18. The Morgan fingerprint density at radius 2 is 2.20 bits per heavy atom. The standard InChI is InChI=1S/C14H22N4OS/c1-4-10-8-11-12(19-7-5-6-9(2)3)16-14(18-15)17-13(11)20-10/h8-9H,4-7,15H2,1-3H3,(H,16,17,18). The van der Waals surface area contributed by atoms with E-state index in [2.05, 4.69) is 42.2 Å². The van der Waals surface area contributed by atoms with Crippen LogP contribution in [-0.4, -0.2) is 16.6 Å². The van der Waals surface area contributed by atoms with Gasteiger partial charge < -0.3 is 4.74 Å². The third-order valence-electron chi connectivity index (χ3n) is 3.05. The summed E-state index contributed by atoms with van der Waals surface area (Å²) in [6, 6.07) is 2.11. The second kappa shape index (κ2) is 6.85. The van der Waals surface area contributed by atoms with Gasteiger partial charge >= 0.3 is 0 Å². The second-order valence-electron chi connectivity index (χ2n) is 5.17. The van der Waals surface area contributed by atoms with Gasteiger partial charge in [-0.2, -0.15) is 4.98 Å². The molecule has 0 aromatic carbocycles. The Morgan fingerprint density at radius 1 is 1.40 bits per heavy atom. The van der Waals surface area contributed by atoms with Gasteiger partial charge in [-0.15, -0.1) is 11.3 Å². The molecule has 2 heterocycles. The number of nitrogens with one attached hydrogen (secondary N) is 1. The molecule has 6 heteroatoms. The molecule has 0 bridgehead atoms. The summed E-state index contributed by atoms with van der Waals surface area (Å²) in [5, 5.41) is 0.982. The zero-order valence-electron chi connectivity index (χ0n) is 12.3. The van der Waals surface area contributed by atoms with Crippen molar-refractivity contribution in [2.45, 2.75) is 40.0 Å². The average Bonchev–Trinajstić information content (AvgIpc) is 2.86. The lowest BCUT2D eigenvalue weighted by atomic mass is 10.1. The van der Waals surface area contributed by atoms with Crippen LogP contribution in [0.5, 0.6) is 5.88 Å². The average molecular weight is 294 g/mol. The Kier molecular flexibility index (Phi) is 5.14. The number of ether oxygens (including phenoxy) is 1. The minimum Gasteiger partial charge on any atom is -0.477 e. The summed E-state index contributed by atoms with van der Waals surface area (Å²) in [5.41, 5.74) is 2.50. The first kappa shape index (κ1) is 15.0. The van der Waals surface area contributed by atoms with Crippen LogP contribution < -0.4 is 16.0 Å². The second-order valence-corrected chi connectivity index (χ2v) is 6.28. The topological polar surface area (TPSA) is 73.1 Å². The Labute approximate surface area is 123 Å². The van der Waals surface area contributed by atoms with E-state index in [1.54, 1.807) is 11.3 Å². The molecule has 0 aliphatic heterocycles. The highest BCUT2D eigenvalue weighted by Crippen LogP contribution is 2.31. The van der Waals surface area contributed by atoms with E-state index in [1.165, 1.54) is 4.88 Å². The van der Waals surface area contributed by atoms with Crippen molar-refractivity contribution in [3.63, 3.8) is 0 Å². The van der Waals surface area contributed by atoms with Gasteiger partial charge in [0.2, 0.25) is 11.8 Å². The van der Waals surface area contributed by atoms with Crippen LogP contribution >= 0.6 is 11.3 Å². The molecule has 0 amide bonds. The molecule has 110 valence electrons. The highest BCUT2D eigenvalue weighted by Gasteiger charge is 2.12. The Bertz CT molecular complexity index is 568. The van der Waals surface area contributed by atoms with E-state index in [1.807, 2.05) is 0 Å². The number of thiophene rings is 1. The van der Waals surface area contributed by atoms with E-state index < -0.39 is 0 Å². The molecule has 2 aromatic heterocycles. The molecule has 5 nitrogen and oxygen atoms in total. The number of hydrogen-bond donors (Lipinski definition) is 2. The number of nitrogens with two attached hydrogens (primary N) is 1. The van der Waals surface area contributed by atoms with Crippen LogP contribution in [0.1, 0.15) is 38.5 Å². The van der Waals surface area contributed by atoms with Crippen LogP contribution in [0.3, 0.4) is 0 Å². The highest BCUT2D eigenvalue weighted by molar-refractivity contribution is 7.18. The smallest absolute Gasteiger partial charge is 0.241 e. The van der Waals surface area contributed by atoms with Crippen molar-refractivity contribution >= 4 is 27.5 Å². The number of anilines is 1. The summed E-state index contributed by atoms with van der Waals surface area (Å²) >= 11 is 1.66. The van der Waals surface area contributed by atoms with Crippen LogP contribution in [0.25, 0.3) is 10.2 Å². The van der Waals surface area contributed by atoms with E-state index in [0.717, 1.165) is 29.5 Å². The monoisotopic (exact) mass is 294 g/mol. The molecular weight excluding hydrogens is 272 g/mol. The first-order valence-electron chi connectivity index (χ1n) is 7.04. The van der Waals surface area contributed by atoms with Crippen LogP contribution in [0, 0.1) is 5.92 Å². The fourth-order valence-electron chi connectivity index (χ4n) is 1.95. The number of nitrogen functional groups attached to an aromatic ring is 1. The lowest BCUT2D eigenvalue weighted by Crippen LogP contribution is -2.11. The summed E-state index contributed by atoms with van der Waals surface area (Å²) in [5.74, 6) is 7.14. The van der Waals surface area contributed by atoms with E-state index in [9.17, 15) is 0 Å². The van der Waals surface area contributed by atoms with Crippen LogP contribution in [0.4, 0.5) is 5.95 Å². The molecule has 2 aromatic rings. The SMILES string of the molecule is CCc1cc2c(OCCCC(C)C)nc(NN)nc2s1. The molecule has 0 aliphatic carbocycles. The maximum Gasteiger partial charge on any atom is 0.241 e. The molecule has 3 N–H and O–H groups in total. The van der Waals surface area contributed by atoms with Gasteiger partial charge in [0.1, 0.15) is 4.83 Å². The van der Waals surface area contributed by atoms with Gasteiger partial charge in [-0.05, 0) is 31.2 Å². The lowest BCUT2D eigenvalue weighted by Gasteiger charge is -2.08. The van der Waals surface area contributed by atoms with Gasteiger partial charge in [-0.3, -0.25) is 5.43 Å². The van der Waals surface area contributed by atoms with Crippen molar-refractivity contribution in [1.82, 2.24) is 9.97 Å². The third-order valence-corrected chi connectivity index (χ3v) is 4.22. The van der Waals surface area contributed by atoms with Gasteiger partial charge in [0.05, 0.1) is 12.0 Å². The van der Waals surface area contributed by atoms with Crippen molar-refractivity contribution in [2.75, 3.05) is 12.0 Å². The zero-order valence-corrected chi connectivity index (χ0v) is 13.1. The molecule has 20 heavy (non-hydrogen) atoms. The van der Waals surface area contributed by atoms with Crippen LogP contribution in [0.15, 0.2) is 6.07 Å². The normalized spacial score (nSPS) is 11.2. The number of fused-ring (bicyclic) bond motifs is 1. The lowest BCUT2D eigenvalue weighted by molar-refractivity contribution is 0.291. The molecular formula is C14H22N4OS. The minimum absolute atomic E-state index is 0.404. The third kappa shape index (κ3) is 3.58. The first-order chi connectivity index (χ1) is 9.63. The predicted octanol–water partition coefficient (Wildman–Crippen LogP) is 3.35. The number of rotatable bonds is 7. The van der Waals surface area contributed by atoms with Crippen LogP contribution in [-0.2, 0) is 6.42 Å². The van der Waals surface area contributed by atoms with Gasteiger partial charge in [0.25, 0.3) is 0 Å². The number of hydrazine groups is 1. The molecule has 0 atom stereocenters. The van der Waals surface area contributed by atoms with Gasteiger partial charge in [-0.25, -0.2) is 10.8 Å². The van der Waals surface area contributed by atoms with Gasteiger partial charge in [0, 0.05) is 4.88 Å². The summed E-state index contributed by atoms with van der Waals surface area (Å²) in [7, 11) is 0. The summed E-state index contributed by atoms with van der Waals surface area (Å²) < 4.78 is 5.83. The number of hydrogen-bond acceptors (Lipinski definition) is 6. The fraction of sp³-hybridized carbons (Fsp3) is 0.571. The maximum absolute atomic E-state index is 5.83. The first-order valence-corrected chi connectivity index (χ1v) is 7.85. The largest absolute Gasteiger partial charge is 0.477 e. The van der Waals surface area contributed by atoms with E-state index in [4.69, 9.17) is 10.6 Å². The zero-order chi connectivity index (χ0) is 14.5. The Morgan fingerprint density at radius 3 is 2.85 bits per heavy atom. The predicted molar refractivity (Wildman–Crippen MR) is 84.2 cm³/mol. The van der Waals surface area contributed by atoms with Crippen molar-refractivity contribution in [2.24, 2.45) is 11.8 Å². The van der Waals surface area contributed by atoms with E-state index in [-0.39, 0.29) is 0 Å². The van der Waals surface area contributed by atoms with E-state index in [0.29, 0.717) is 24.4 Å². The van der Waals surface area contributed by atoms with Crippen molar-refractivity contribution in [3.05, 3.63) is 10.9 Å². The maximum atomic E-state index is 5.83. The highest BCUT2D eigenvalue weighted by atomic mass is 32.1. The summed E-state index contributed by atoms with van der Waals surface area (Å²) in [6.45, 7) is 7.23. The summed E-state index contributed by atoms with van der Waals surface area (Å²) in [4.78, 5) is 10.9. The molecule has 0 unspecified atom stereocenters. The Hall–Kier alpha value is -1.40.